The Morgan fingerprint density at radius 3 is 2.64 bits per heavy atom. The topological polar surface area (TPSA) is 118 Å². The van der Waals surface area contributed by atoms with E-state index in [0.29, 0.717) is 28.8 Å². The Labute approximate surface area is 146 Å². The summed E-state index contributed by atoms with van der Waals surface area (Å²) in [7, 11) is 1.65. The molecule has 1 amide bonds. The van der Waals surface area contributed by atoms with Crippen molar-refractivity contribution in [1.29, 1.82) is 0 Å². The van der Waals surface area contributed by atoms with Crippen LogP contribution in [0.2, 0.25) is 0 Å². The number of carbonyl (C=O) groups excluding carboxylic acids is 1. The number of hydrogen-bond acceptors (Lipinski definition) is 5. The normalized spacial score (nSPS) is 12.0. The van der Waals surface area contributed by atoms with Crippen LogP contribution in [-0.4, -0.2) is 34.6 Å². The van der Waals surface area contributed by atoms with Crippen molar-refractivity contribution >= 4 is 34.9 Å². The minimum Gasteiger partial charge on any atom is -0.366 e. The maximum atomic E-state index is 11.5. The Morgan fingerprint density at radius 1 is 1.24 bits per heavy atom. The van der Waals surface area contributed by atoms with Crippen LogP contribution in [0.4, 0.5) is 17.3 Å². The van der Waals surface area contributed by atoms with Gasteiger partial charge in [0.25, 0.3) is 5.91 Å². The molecule has 2 rings (SSSR count). The standard InChI is InChI=1S/C17H21N7O/c1-4-11(2)22-17(19-3)24-15-9-14(20-10-21-15)23-13-8-6-5-7-12(13)16(18)25/h5-10H,4H2,1-3H3,(H2,18,25)(H2,19,20,21,23,24)/b22-11-. The van der Waals surface area contributed by atoms with Crippen molar-refractivity contribution < 1.29 is 4.79 Å². The molecule has 0 spiro atoms. The van der Waals surface area contributed by atoms with Crippen molar-refractivity contribution in [2.75, 3.05) is 17.7 Å². The SMILES string of the molecule is CC/C(C)=N\C(=NC)Nc1cc(Nc2ccccc2C(N)=O)ncn1. The molecule has 0 aliphatic rings. The minimum absolute atomic E-state index is 0.384. The molecule has 0 bridgehead atoms. The molecule has 0 saturated heterocycles. The fourth-order valence-electron chi connectivity index (χ4n) is 1.95. The van der Waals surface area contributed by atoms with Gasteiger partial charge in [-0.1, -0.05) is 19.1 Å². The zero-order chi connectivity index (χ0) is 18.2. The monoisotopic (exact) mass is 339 g/mol. The van der Waals surface area contributed by atoms with E-state index in [0.717, 1.165) is 12.1 Å². The van der Waals surface area contributed by atoms with Gasteiger partial charge in [-0.2, -0.15) is 0 Å². The highest BCUT2D eigenvalue weighted by Gasteiger charge is 2.08. The first-order chi connectivity index (χ1) is 12.0. The lowest BCUT2D eigenvalue weighted by molar-refractivity contribution is 0.100. The highest BCUT2D eigenvalue weighted by molar-refractivity contribution is 6.02. The van der Waals surface area contributed by atoms with Crippen LogP contribution in [0.5, 0.6) is 0 Å². The van der Waals surface area contributed by atoms with E-state index in [1.54, 1.807) is 37.4 Å². The summed E-state index contributed by atoms with van der Waals surface area (Å²) in [5.74, 6) is 0.988. The van der Waals surface area contributed by atoms with E-state index in [4.69, 9.17) is 5.73 Å². The van der Waals surface area contributed by atoms with Gasteiger partial charge in [-0.3, -0.25) is 9.79 Å². The number of aliphatic imine (C=N–C) groups is 2. The average Bonchev–Trinajstić information content (AvgIpc) is 2.61. The molecular formula is C17H21N7O. The smallest absolute Gasteiger partial charge is 0.250 e. The van der Waals surface area contributed by atoms with Crippen LogP contribution < -0.4 is 16.4 Å². The van der Waals surface area contributed by atoms with Crippen molar-refractivity contribution in [3.05, 3.63) is 42.2 Å². The van der Waals surface area contributed by atoms with Crippen molar-refractivity contribution in [1.82, 2.24) is 9.97 Å². The highest BCUT2D eigenvalue weighted by Crippen LogP contribution is 2.20. The van der Waals surface area contributed by atoms with Gasteiger partial charge >= 0.3 is 0 Å². The second kappa shape index (κ2) is 8.53. The summed E-state index contributed by atoms with van der Waals surface area (Å²) in [5.41, 5.74) is 7.30. The number of aromatic nitrogens is 2. The van der Waals surface area contributed by atoms with Crippen LogP contribution in [0.1, 0.15) is 30.6 Å². The molecule has 4 N–H and O–H groups in total. The number of nitrogens with two attached hydrogens (primary N) is 1. The predicted molar refractivity (Wildman–Crippen MR) is 101 cm³/mol. The number of amides is 1. The van der Waals surface area contributed by atoms with E-state index >= 15 is 0 Å². The summed E-state index contributed by atoms with van der Waals surface area (Å²) < 4.78 is 0. The van der Waals surface area contributed by atoms with E-state index in [-0.39, 0.29) is 0 Å². The van der Waals surface area contributed by atoms with Crippen LogP contribution >= 0.6 is 0 Å². The predicted octanol–water partition coefficient (Wildman–Crippen LogP) is 2.59. The van der Waals surface area contributed by atoms with Crippen LogP contribution in [0.15, 0.2) is 46.6 Å². The summed E-state index contributed by atoms with van der Waals surface area (Å²) in [4.78, 5) is 28.3. The Kier molecular flexibility index (Phi) is 6.16. The number of rotatable bonds is 5. The van der Waals surface area contributed by atoms with Crippen molar-refractivity contribution in [3.8, 4) is 0 Å². The third-order valence-corrected chi connectivity index (χ3v) is 3.38. The zero-order valence-corrected chi connectivity index (χ0v) is 14.4. The van der Waals surface area contributed by atoms with Gasteiger partial charge in [0.15, 0.2) is 0 Å². The van der Waals surface area contributed by atoms with E-state index in [1.807, 2.05) is 13.8 Å². The van der Waals surface area contributed by atoms with Gasteiger partial charge in [-0.25, -0.2) is 15.0 Å². The molecule has 0 aliphatic heterocycles. The first kappa shape index (κ1) is 18.1. The molecule has 0 fully saturated rings. The minimum atomic E-state index is -0.514. The van der Waals surface area contributed by atoms with E-state index < -0.39 is 5.91 Å². The molecule has 0 unspecified atom stereocenters. The second-order valence-electron chi connectivity index (χ2n) is 5.20. The third kappa shape index (κ3) is 5.10. The molecular weight excluding hydrogens is 318 g/mol. The first-order valence-electron chi connectivity index (χ1n) is 7.79. The molecule has 8 heteroatoms. The summed E-state index contributed by atoms with van der Waals surface area (Å²) >= 11 is 0. The van der Waals surface area contributed by atoms with Gasteiger partial charge in [-0.05, 0) is 25.5 Å². The number of para-hydroxylation sites is 1. The maximum absolute atomic E-state index is 11.5. The lowest BCUT2D eigenvalue weighted by Crippen LogP contribution is -2.14. The van der Waals surface area contributed by atoms with Gasteiger partial charge in [0.05, 0.1) is 11.3 Å². The average molecular weight is 339 g/mol. The van der Waals surface area contributed by atoms with Crippen LogP contribution in [0.25, 0.3) is 0 Å². The van der Waals surface area contributed by atoms with Crippen LogP contribution in [-0.2, 0) is 0 Å². The molecule has 0 atom stereocenters. The number of nitrogens with zero attached hydrogens (tertiary/aromatic N) is 4. The molecule has 130 valence electrons. The molecule has 2 aromatic rings. The fraction of sp³-hybridized carbons (Fsp3) is 0.235. The number of primary amides is 1. The van der Waals surface area contributed by atoms with Crippen molar-refractivity contribution in [2.45, 2.75) is 20.3 Å². The van der Waals surface area contributed by atoms with E-state index in [9.17, 15) is 4.79 Å². The summed E-state index contributed by atoms with van der Waals surface area (Å²) in [6.07, 6.45) is 2.24. The van der Waals surface area contributed by atoms with Gasteiger partial charge < -0.3 is 16.4 Å². The Hall–Kier alpha value is -3.29. The van der Waals surface area contributed by atoms with E-state index in [2.05, 4.69) is 30.6 Å². The van der Waals surface area contributed by atoms with Gasteiger partial charge in [0.2, 0.25) is 5.96 Å². The number of hydrogen-bond donors (Lipinski definition) is 3. The number of carbonyl (C=O) groups is 1. The lowest BCUT2D eigenvalue weighted by Gasteiger charge is -2.10. The summed E-state index contributed by atoms with van der Waals surface area (Å²) in [5, 5.41) is 6.11. The lowest BCUT2D eigenvalue weighted by atomic mass is 10.1. The number of benzene rings is 1. The van der Waals surface area contributed by atoms with Crippen molar-refractivity contribution in [3.63, 3.8) is 0 Å². The number of nitrogens with one attached hydrogen (secondary N) is 2. The molecule has 25 heavy (non-hydrogen) atoms. The largest absolute Gasteiger partial charge is 0.366 e. The maximum Gasteiger partial charge on any atom is 0.250 e. The van der Waals surface area contributed by atoms with Crippen LogP contribution in [0, 0.1) is 0 Å². The molecule has 1 aromatic heterocycles. The number of anilines is 3. The fourth-order valence-corrected chi connectivity index (χ4v) is 1.95. The van der Waals surface area contributed by atoms with E-state index in [1.165, 1.54) is 6.33 Å². The van der Waals surface area contributed by atoms with Gasteiger partial charge in [0, 0.05) is 18.8 Å². The Bertz CT molecular complexity index is 814. The summed E-state index contributed by atoms with van der Waals surface area (Å²) in [6, 6.07) is 8.65. The highest BCUT2D eigenvalue weighted by atomic mass is 16.1. The molecule has 0 radical (unpaired) electrons. The zero-order valence-electron chi connectivity index (χ0n) is 14.4. The second-order valence-corrected chi connectivity index (χ2v) is 5.20. The molecule has 0 aliphatic carbocycles. The van der Waals surface area contributed by atoms with Gasteiger partial charge in [-0.15, -0.1) is 0 Å². The molecule has 1 aromatic carbocycles. The summed E-state index contributed by atoms with van der Waals surface area (Å²) in [6.45, 7) is 3.95. The number of guanidine groups is 1. The first-order valence-corrected chi connectivity index (χ1v) is 7.79. The third-order valence-electron chi connectivity index (χ3n) is 3.38. The Balaban J connectivity index is 2.21. The van der Waals surface area contributed by atoms with Crippen molar-refractivity contribution in [2.24, 2.45) is 15.7 Å². The molecule has 1 heterocycles. The quantitative estimate of drug-likeness (QED) is 0.571. The molecule has 8 nitrogen and oxygen atoms in total. The Morgan fingerprint density at radius 2 is 1.96 bits per heavy atom. The van der Waals surface area contributed by atoms with Gasteiger partial charge in [0.1, 0.15) is 18.0 Å². The van der Waals surface area contributed by atoms with Crippen LogP contribution in [0.3, 0.4) is 0 Å². The molecule has 0 saturated carbocycles.